The lowest BCUT2D eigenvalue weighted by Crippen LogP contribution is -2.18. The van der Waals surface area contributed by atoms with E-state index in [1.807, 2.05) is 4.90 Å². The van der Waals surface area contributed by atoms with E-state index in [1.54, 1.807) is 18.2 Å². The molecule has 0 unspecified atom stereocenters. The van der Waals surface area contributed by atoms with Gasteiger partial charge in [0, 0.05) is 36.3 Å². The number of hydrogen-bond donors (Lipinski definition) is 2. The molecule has 1 fully saturated rings. The van der Waals surface area contributed by atoms with Crippen molar-refractivity contribution in [1.82, 2.24) is 4.98 Å². The van der Waals surface area contributed by atoms with Crippen LogP contribution in [-0.2, 0) is 0 Å². The Morgan fingerprint density at radius 3 is 2.64 bits per heavy atom. The van der Waals surface area contributed by atoms with E-state index in [1.165, 1.54) is 24.4 Å². The number of H-pyrrole nitrogens is 1. The van der Waals surface area contributed by atoms with Crippen molar-refractivity contribution >= 4 is 28.5 Å². The smallest absolute Gasteiger partial charge is 0.198 e. The number of nitrogens with one attached hydrogen (secondary N) is 1. The van der Waals surface area contributed by atoms with E-state index in [2.05, 4.69) is 9.98 Å². The number of aliphatic imine (C=N–C) groups is 1. The van der Waals surface area contributed by atoms with Gasteiger partial charge in [0.25, 0.3) is 0 Å². The first-order valence-corrected chi connectivity index (χ1v) is 8.20. The van der Waals surface area contributed by atoms with Gasteiger partial charge in [-0.15, -0.1) is 0 Å². The Kier molecular flexibility index (Phi) is 3.87. The molecule has 3 aromatic rings. The van der Waals surface area contributed by atoms with Crippen LogP contribution in [0.2, 0.25) is 0 Å². The number of halogens is 2. The molecule has 0 spiro atoms. The van der Waals surface area contributed by atoms with Crippen LogP contribution in [0, 0.1) is 11.6 Å². The number of aromatic nitrogens is 1. The summed E-state index contributed by atoms with van der Waals surface area (Å²) in [5, 5.41) is 10.5. The zero-order valence-corrected chi connectivity index (χ0v) is 13.5. The number of nitrogens with zero attached hydrogens (tertiary/aromatic N) is 2. The van der Waals surface area contributed by atoms with Gasteiger partial charge in [-0.25, -0.2) is 8.78 Å². The Labute approximate surface area is 143 Å². The number of benzene rings is 2. The second-order valence-electron chi connectivity index (χ2n) is 6.17. The lowest BCUT2D eigenvalue weighted by Gasteiger charge is -2.18. The van der Waals surface area contributed by atoms with Gasteiger partial charge in [-0.05, 0) is 43.2 Å². The fourth-order valence-electron chi connectivity index (χ4n) is 3.23. The first-order chi connectivity index (χ1) is 12.1. The Bertz CT molecular complexity index is 959. The van der Waals surface area contributed by atoms with Crippen molar-refractivity contribution in [2.45, 2.75) is 12.8 Å². The first-order valence-electron chi connectivity index (χ1n) is 8.20. The average Bonchev–Trinajstić information content (AvgIpc) is 3.21. The van der Waals surface area contributed by atoms with Crippen molar-refractivity contribution in [3.8, 4) is 5.88 Å². The molecule has 2 aromatic carbocycles. The molecule has 0 atom stereocenters. The topological polar surface area (TPSA) is 51.6 Å². The summed E-state index contributed by atoms with van der Waals surface area (Å²) in [6.07, 6.45) is 3.57. The molecule has 6 heteroatoms. The van der Waals surface area contributed by atoms with Gasteiger partial charge in [-0.1, -0.05) is 0 Å². The van der Waals surface area contributed by atoms with E-state index in [0.717, 1.165) is 25.9 Å². The van der Waals surface area contributed by atoms with Crippen molar-refractivity contribution in [3.63, 3.8) is 0 Å². The predicted octanol–water partition coefficient (Wildman–Crippen LogP) is 4.50. The van der Waals surface area contributed by atoms with Crippen LogP contribution >= 0.6 is 0 Å². The maximum Gasteiger partial charge on any atom is 0.198 e. The summed E-state index contributed by atoms with van der Waals surface area (Å²) in [7, 11) is 0. The van der Waals surface area contributed by atoms with Gasteiger partial charge in [0.15, 0.2) is 5.88 Å². The van der Waals surface area contributed by atoms with Crippen LogP contribution in [0.15, 0.2) is 41.4 Å². The molecule has 1 aliphatic rings. The molecule has 2 N–H and O–H groups in total. The van der Waals surface area contributed by atoms with Crippen molar-refractivity contribution in [1.29, 1.82) is 0 Å². The lowest BCUT2D eigenvalue weighted by atomic mass is 10.2. The molecule has 0 aliphatic carbocycles. The standard InChI is InChI=1S/C19H17F2N3O/c20-12-3-5-17-14(9-12)15(19(25)23-17)11-22-13-4-6-18(16(21)10-13)24-7-1-2-8-24/h3-6,9-11,23,25H,1-2,7-8H2. The summed E-state index contributed by atoms with van der Waals surface area (Å²) in [6, 6.07) is 9.01. The van der Waals surface area contributed by atoms with Crippen LogP contribution < -0.4 is 4.90 Å². The Morgan fingerprint density at radius 1 is 1.08 bits per heavy atom. The Hall–Kier alpha value is -2.89. The summed E-state index contributed by atoms with van der Waals surface area (Å²) in [6.45, 7) is 1.74. The van der Waals surface area contributed by atoms with Crippen molar-refractivity contribution in [3.05, 3.63) is 53.6 Å². The molecular formula is C19H17F2N3O. The molecule has 0 radical (unpaired) electrons. The number of hydrogen-bond acceptors (Lipinski definition) is 3. The third kappa shape index (κ3) is 2.95. The number of aromatic hydroxyl groups is 1. The third-order valence-electron chi connectivity index (χ3n) is 4.50. The fourth-order valence-corrected chi connectivity index (χ4v) is 3.23. The molecule has 1 aliphatic heterocycles. The van der Waals surface area contributed by atoms with Crippen molar-refractivity contribution in [2.24, 2.45) is 4.99 Å². The molecule has 4 rings (SSSR count). The highest BCUT2D eigenvalue weighted by atomic mass is 19.1. The first kappa shape index (κ1) is 15.6. The van der Waals surface area contributed by atoms with Gasteiger partial charge in [0.05, 0.1) is 16.9 Å². The Morgan fingerprint density at radius 2 is 1.88 bits per heavy atom. The number of fused-ring (bicyclic) bond motifs is 1. The van der Waals surface area contributed by atoms with E-state index < -0.39 is 5.82 Å². The summed E-state index contributed by atoms with van der Waals surface area (Å²) >= 11 is 0. The molecule has 0 bridgehead atoms. The largest absolute Gasteiger partial charge is 0.494 e. The van der Waals surface area contributed by atoms with E-state index in [4.69, 9.17) is 0 Å². The van der Waals surface area contributed by atoms with E-state index in [9.17, 15) is 13.9 Å². The summed E-state index contributed by atoms with van der Waals surface area (Å²) < 4.78 is 27.8. The third-order valence-corrected chi connectivity index (χ3v) is 4.50. The normalized spacial score (nSPS) is 14.9. The van der Waals surface area contributed by atoms with Crippen LogP contribution in [0.5, 0.6) is 5.88 Å². The van der Waals surface area contributed by atoms with Crippen LogP contribution in [0.4, 0.5) is 20.2 Å². The van der Waals surface area contributed by atoms with Gasteiger partial charge in [0.1, 0.15) is 11.6 Å². The second kappa shape index (κ2) is 6.20. The Balaban J connectivity index is 1.65. The van der Waals surface area contributed by atoms with Gasteiger partial charge in [0.2, 0.25) is 0 Å². The zero-order valence-electron chi connectivity index (χ0n) is 13.5. The monoisotopic (exact) mass is 341 g/mol. The number of anilines is 1. The fraction of sp³-hybridized carbons (Fsp3) is 0.211. The highest BCUT2D eigenvalue weighted by Gasteiger charge is 2.16. The molecule has 2 heterocycles. The van der Waals surface area contributed by atoms with Crippen LogP contribution in [0.25, 0.3) is 10.9 Å². The van der Waals surface area contributed by atoms with Crippen molar-refractivity contribution in [2.75, 3.05) is 18.0 Å². The molecule has 128 valence electrons. The summed E-state index contributed by atoms with van der Waals surface area (Å²) in [5.41, 5.74) is 2.01. The van der Waals surface area contributed by atoms with Crippen molar-refractivity contribution < 1.29 is 13.9 Å². The molecule has 1 aromatic heterocycles. The molecule has 4 nitrogen and oxygen atoms in total. The molecule has 0 saturated carbocycles. The number of aromatic amines is 1. The lowest BCUT2D eigenvalue weighted by molar-refractivity contribution is 0.457. The minimum Gasteiger partial charge on any atom is -0.494 e. The van der Waals surface area contributed by atoms with Gasteiger partial charge in [-0.3, -0.25) is 4.99 Å². The highest BCUT2D eigenvalue weighted by molar-refractivity contribution is 6.02. The van der Waals surface area contributed by atoms with E-state index in [-0.39, 0.29) is 11.7 Å². The SMILES string of the molecule is Oc1[nH]c2ccc(F)cc2c1C=Nc1ccc(N2CCCC2)c(F)c1. The minimum absolute atomic E-state index is 0.0986. The quantitative estimate of drug-likeness (QED) is 0.689. The van der Waals surface area contributed by atoms with Crippen LogP contribution in [0.1, 0.15) is 18.4 Å². The minimum atomic E-state index is -0.401. The summed E-state index contributed by atoms with van der Waals surface area (Å²) in [4.78, 5) is 9.02. The van der Waals surface area contributed by atoms with E-state index >= 15 is 0 Å². The maximum atomic E-state index is 14.3. The van der Waals surface area contributed by atoms with Gasteiger partial charge >= 0.3 is 0 Å². The molecule has 0 amide bonds. The maximum absolute atomic E-state index is 14.3. The average molecular weight is 341 g/mol. The highest BCUT2D eigenvalue weighted by Crippen LogP contribution is 2.29. The van der Waals surface area contributed by atoms with Gasteiger partial charge < -0.3 is 15.0 Å². The van der Waals surface area contributed by atoms with Crippen LogP contribution in [-0.4, -0.2) is 29.4 Å². The van der Waals surface area contributed by atoms with Gasteiger partial charge in [-0.2, -0.15) is 0 Å². The molecule has 25 heavy (non-hydrogen) atoms. The van der Waals surface area contributed by atoms with E-state index in [0.29, 0.717) is 27.8 Å². The second-order valence-corrected chi connectivity index (χ2v) is 6.17. The van der Waals surface area contributed by atoms with Crippen LogP contribution in [0.3, 0.4) is 0 Å². The number of rotatable bonds is 3. The molecular weight excluding hydrogens is 324 g/mol. The predicted molar refractivity (Wildman–Crippen MR) is 95.0 cm³/mol. The zero-order chi connectivity index (χ0) is 17.4. The summed E-state index contributed by atoms with van der Waals surface area (Å²) in [5.74, 6) is -0.814. The molecule has 1 saturated heterocycles.